The number of methoxy groups -OCH3 is 1. The van der Waals surface area contributed by atoms with E-state index in [1.165, 1.54) is 14.0 Å². The number of nitrogens with zero attached hydrogens (tertiary/aromatic N) is 2. The van der Waals surface area contributed by atoms with Gasteiger partial charge >= 0.3 is 5.97 Å². The van der Waals surface area contributed by atoms with E-state index >= 15 is 0 Å². The molecule has 2 N–H and O–H groups in total. The second-order valence-corrected chi connectivity index (χ2v) is 5.04. The number of carboxylic acid groups (broad SMARTS) is 1. The Kier molecular flexibility index (Phi) is 4.57. The molecule has 0 aliphatic rings. The highest BCUT2D eigenvalue weighted by Gasteiger charge is 2.35. The molecular weight excluding hydrogens is 286 g/mol. The van der Waals surface area contributed by atoms with Gasteiger partial charge in [-0.15, -0.1) is 0 Å². The van der Waals surface area contributed by atoms with Crippen molar-refractivity contribution in [3.63, 3.8) is 0 Å². The lowest BCUT2D eigenvalue weighted by molar-refractivity contribution is -0.145. The fourth-order valence-corrected chi connectivity index (χ4v) is 1.96. The van der Waals surface area contributed by atoms with Crippen molar-refractivity contribution in [1.29, 1.82) is 0 Å². The number of aliphatic carboxylic acids is 1. The lowest BCUT2D eigenvalue weighted by Gasteiger charge is -2.25. The lowest BCUT2D eigenvalue weighted by Crippen LogP contribution is -2.55. The van der Waals surface area contributed by atoms with E-state index < -0.39 is 17.4 Å². The number of benzene rings is 1. The number of ether oxygens (including phenoxy) is 1. The summed E-state index contributed by atoms with van der Waals surface area (Å²) in [5.41, 5.74) is -0.256. The van der Waals surface area contributed by atoms with Crippen LogP contribution >= 0.6 is 0 Å². The van der Waals surface area contributed by atoms with Gasteiger partial charge in [0.25, 0.3) is 5.91 Å². The van der Waals surface area contributed by atoms with E-state index in [-0.39, 0.29) is 6.61 Å². The van der Waals surface area contributed by atoms with E-state index in [0.29, 0.717) is 5.56 Å². The summed E-state index contributed by atoms with van der Waals surface area (Å²) < 4.78 is 6.67. The van der Waals surface area contributed by atoms with E-state index in [1.54, 1.807) is 47.6 Å². The van der Waals surface area contributed by atoms with Crippen LogP contribution in [0.4, 0.5) is 0 Å². The maximum Gasteiger partial charge on any atom is 0.331 e. The van der Waals surface area contributed by atoms with Gasteiger partial charge in [0, 0.05) is 30.8 Å². The smallest absolute Gasteiger partial charge is 0.331 e. The minimum atomic E-state index is -1.48. The highest BCUT2D eigenvalue weighted by atomic mass is 16.5. The monoisotopic (exact) mass is 303 g/mol. The van der Waals surface area contributed by atoms with Crippen LogP contribution in [0.25, 0.3) is 5.69 Å². The molecule has 7 nitrogen and oxygen atoms in total. The molecule has 1 unspecified atom stereocenters. The average molecular weight is 303 g/mol. The molecule has 1 aromatic carbocycles. The second kappa shape index (κ2) is 6.40. The van der Waals surface area contributed by atoms with Crippen LogP contribution in [0.2, 0.25) is 0 Å². The zero-order valence-electron chi connectivity index (χ0n) is 12.3. The van der Waals surface area contributed by atoms with Gasteiger partial charge in [0.1, 0.15) is 0 Å². The molecule has 0 saturated heterocycles. The highest BCUT2D eigenvalue weighted by molar-refractivity contribution is 5.97. The normalized spacial score (nSPS) is 13.4. The second-order valence-electron chi connectivity index (χ2n) is 5.04. The summed E-state index contributed by atoms with van der Waals surface area (Å²) in [5, 5.41) is 11.7. The maximum atomic E-state index is 12.2. The molecule has 1 atom stereocenters. The fraction of sp³-hybridized carbons (Fsp3) is 0.267. The number of hydrogen-bond donors (Lipinski definition) is 2. The number of carbonyl (C=O) groups is 2. The number of nitrogens with one attached hydrogen (secondary N) is 1. The van der Waals surface area contributed by atoms with Gasteiger partial charge in [-0.25, -0.2) is 9.78 Å². The summed E-state index contributed by atoms with van der Waals surface area (Å²) >= 11 is 0. The van der Waals surface area contributed by atoms with Crippen molar-refractivity contribution in [3.8, 4) is 5.69 Å². The van der Waals surface area contributed by atoms with E-state index in [4.69, 9.17) is 4.74 Å². The molecular formula is C15H17N3O4. The van der Waals surface area contributed by atoms with Gasteiger partial charge in [0.2, 0.25) is 0 Å². The number of hydrogen-bond acceptors (Lipinski definition) is 4. The third-order valence-corrected chi connectivity index (χ3v) is 3.23. The largest absolute Gasteiger partial charge is 0.479 e. The van der Waals surface area contributed by atoms with Crippen molar-refractivity contribution in [2.45, 2.75) is 12.5 Å². The van der Waals surface area contributed by atoms with Crippen LogP contribution in [0.1, 0.15) is 17.3 Å². The number of aromatic nitrogens is 2. The van der Waals surface area contributed by atoms with Gasteiger partial charge in [-0.2, -0.15) is 0 Å². The Morgan fingerprint density at radius 3 is 2.55 bits per heavy atom. The van der Waals surface area contributed by atoms with E-state index in [2.05, 4.69) is 10.3 Å². The van der Waals surface area contributed by atoms with Gasteiger partial charge in [-0.1, -0.05) is 0 Å². The van der Waals surface area contributed by atoms with Crippen molar-refractivity contribution in [1.82, 2.24) is 14.9 Å². The zero-order chi connectivity index (χ0) is 16.2. The predicted molar refractivity (Wildman–Crippen MR) is 78.9 cm³/mol. The van der Waals surface area contributed by atoms with Gasteiger partial charge < -0.3 is 19.7 Å². The molecule has 22 heavy (non-hydrogen) atoms. The molecule has 0 fully saturated rings. The van der Waals surface area contributed by atoms with E-state index in [1.807, 2.05) is 0 Å². The first-order chi connectivity index (χ1) is 10.5. The van der Waals surface area contributed by atoms with Gasteiger partial charge in [0.05, 0.1) is 12.9 Å². The highest BCUT2D eigenvalue weighted by Crippen LogP contribution is 2.11. The minimum Gasteiger partial charge on any atom is -0.479 e. The van der Waals surface area contributed by atoms with Crippen LogP contribution in [0.5, 0.6) is 0 Å². The third-order valence-electron chi connectivity index (χ3n) is 3.23. The Bertz CT molecular complexity index is 652. The van der Waals surface area contributed by atoms with Crippen molar-refractivity contribution < 1.29 is 19.4 Å². The molecule has 0 radical (unpaired) electrons. The number of amides is 1. The van der Waals surface area contributed by atoms with Gasteiger partial charge in [-0.05, 0) is 31.2 Å². The standard InChI is InChI=1S/C15H17N3O4/c1-15(9-22-2,14(20)21)17-13(19)11-3-5-12(6-4-11)18-8-7-16-10-18/h3-8,10H,9H2,1-2H3,(H,17,19)(H,20,21). The zero-order valence-corrected chi connectivity index (χ0v) is 12.3. The Balaban J connectivity index is 2.14. The minimum absolute atomic E-state index is 0.124. The quantitative estimate of drug-likeness (QED) is 0.833. The summed E-state index contributed by atoms with van der Waals surface area (Å²) in [7, 11) is 1.38. The number of carboxylic acids is 1. The average Bonchev–Trinajstić information content (AvgIpc) is 3.01. The Morgan fingerprint density at radius 2 is 2.05 bits per heavy atom. The molecule has 7 heteroatoms. The summed E-state index contributed by atoms with van der Waals surface area (Å²) in [4.78, 5) is 27.4. The first-order valence-corrected chi connectivity index (χ1v) is 6.59. The van der Waals surface area contributed by atoms with Crippen molar-refractivity contribution in [2.75, 3.05) is 13.7 Å². The van der Waals surface area contributed by atoms with Gasteiger partial charge in [0.15, 0.2) is 5.54 Å². The fourth-order valence-electron chi connectivity index (χ4n) is 1.96. The summed E-state index contributed by atoms with van der Waals surface area (Å²) in [6.07, 6.45) is 5.09. The molecule has 1 amide bonds. The summed E-state index contributed by atoms with van der Waals surface area (Å²) in [6.45, 7) is 1.28. The predicted octanol–water partition coefficient (Wildman–Crippen LogP) is 1.09. The van der Waals surface area contributed by atoms with E-state index in [9.17, 15) is 14.7 Å². The first kappa shape index (κ1) is 15.7. The Hall–Kier alpha value is -2.67. The van der Waals surface area contributed by atoms with Crippen molar-refractivity contribution >= 4 is 11.9 Å². The van der Waals surface area contributed by atoms with Crippen LogP contribution in [-0.2, 0) is 9.53 Å². The maximum absolute atomic E-state index is 12.2. The number of imidazole rings is 1. The SMILES string of the molecule is COCC(C)(NC(=O)c1ccc(-n2ccnc2)cc1)C(=O)O. The number of rotatable bonds is 6. The molecule has 0 aliphatic carbocycles. The summed E-state index contributed by atoms with van der Waals surface area (Å²) in [5.74, 6) is -1.63. The number of carbonyl (C=O) groups excluding carboxylic acids is 1. The van der Waals surface area contributed by atoms with Crippen LogP contribution in [-0.4, -0.2) is 45.8 Å². The van der Waals surface area contributed by atoms with Crippen molar-refractivity contribution in [2.24, 2.45) is 0 Å². The van der Waals surface area contributed by atoms with Crippen molar-refractivity contribution in [3.05, 3.63) is 48.5 Å². The Morgan fingerprint density at radius 1 is 1.36 bits per heavy atom. The molecule has 0 saturated carbocycles. The van der Waals surface area contributed by atoms with Crippen LogP contribution in [0.3, 0.4) is 0 Å². The van der Waals surface area contributed by atoms with Crippen LogP contribution in [0, 0.1) is 0 Å². The molecule has 1 heterocycles. The topological polar surface area (TPSA) is 93.5 Å². The van der Waals surface area contributed by atoms with E-state index in [0.717, 1.165) is 5.69 Å². The van der Waals surface area contributed by atoms with Gasteiger partial charge in [-0.3, -0.25) is 4.79 Å². The molecule has 1 aromatic heterocycles. The molecule has 0 bridgehead atoms. The molecule has 2 rings (SSSR count). The molecule has 0 spiro atoms. The summed E-state index contributed by atoms with van der Waals surface area (Å²) in [6, 6.07) is 6.76. The lowest BCUT2D eigenvalue weighted by atomic mass is 10.0. The van der Waals surface area contributed by atoms with Crippen LogP contribution in [0.15, 0.2) is 43.0 Å². The Labute approximate surface area is 127 Å². The van der Waals surface area contributed by atoms with Crippen LogP contribution < -0.4 is 5.32 Å². The molecule has 2 aromatic rings. The third kappa shape index (κ3) is 3.32. The first-order valence-electron chi connectivity index (χ1n) is 6.59. The molecule has 116 valence electrons. The molecule has 0 aliphatic heterocycles.